The molecule has 2 bridgehead atoms. The van der Waals surface area contributed by atoms with Crippen molar-refractivity contribution in [1.82, 2.24) is 0 Å². The van der Waals surface area contributed by atoms with Gasteiger partial charge < -0.3 is 18.9 Å². The lowest BCUT2D eigenvalue weighted by atomic mass is 9.68. The van der Waals surface area contributed by atoms with Gasteiger partial charge in [0.05, 0.1) is 49.0 Å². The molecule has 4 atom stereocenters. The number of nitriles is 2. The Morgan fingerprint density at radius 2 is 1.21 bits per heavy atom. The monoisotopic (exact) mass is 532 g/mol. The highest BCUT2D eigenvalue weighted by atomic mass is 79.9. The molecule has 10 heteroatoms. The van der Waals surface area contributed by atoms with Crippen molar-refractivity contribution >= 4 is 43.8 Å². The number of halogens is 2. The Bertz CT molecular complexity index is 750. The van der Waals surface area contributed by atoms with Gasteiger partial charge in [0.15, 0.2) is 5.79 Å². The molecule has 2 rings (SSSR count). The summed E-state index contributed by atoms with van der Waals surface area (Å²) in [5.41, 5.74) is -2.49. The van der Waals surface area contributed by atoms with Crippen LogP contribution in [0.5, 0.6) is 0 Å². The first kappa shape index (κ1) is 23.8. The van der Waals surface area contributed by atoms with Crippen LogP contribution in [-0.2, 0) is 28.5 Å². The van der Waals surface area contributed by atoms with Crippen LogP contribution in [0.2, 0.25) is 0 Å². The lowest BCUT2D eigenvalue weighted by Crippen LogP contribution is -2.55. The van der Waals surface area contributed by atoms with Crippen LogP contribution in [0, 0.1) is 45.3 Å². The standard InChI is InChI=1S/C19H22Br2N2O6/c1-26-15(24)11-12(16(25)27-2)18(8-6-10-23)14(21)13(20)17(11,7-5-9-22)19(18,28-3)29-4/h11-12H,5-8H2,1-4H3/t11-,12+,17-,18+. The van der Waals surface area contributed by atoms with Crippen LogP contribution < -0.4 is 0 Å². The summed E-state index contributed by atoms with van der Waals surface area (Å²) in [6.07, 6.45) is 0.448. The number of carbonyl (C=O) groups is 2. The molecule has 0 heterocycles. The predicted octanol–water partition coefficient (Wildman–Crippen LogP) is 3.16. The smallest absolute Gasteiger partial charge is 0.310 e. The maximum absolute atomic E-state index is 13.0. The Kier molecular flexibility index (Phi) is 7.17. The van der Waals surface area contributed by atoms with E-state index in [-0.39, 0.29) is 25.7 Å². The van der Waals surface area contributed by atoms with E-state index in [0.29, 0.717) is 8.96 Å². The average Bonchev–Trinajstić information content (AvgIpc) is 3.05. The summed E-state index contributed by atoms with van der Waals surface area (Å²) in [4.78, 5) is 26.1. The second kappa shape index (κ2) is 8.73. The van der Waals surface area contributed by atoms with Crippen molar-refractivity contribution in [3.63, 3.8) is 0 Å². The van der Waals surface area contributed by atoms with Gasteiger partial charge in [-0.1, -0.05) is 31.9 Å². The second-order valence-corrected chi connectivity index (χ2v) is 8.50. The van der Waals surface area contributed by atoms with Crippen LogP contribution in [0.1, 0.15) is 25.7 Å². The van der Waals surface area contributed by atoms with Crippen LogP contribution in [-0.4, -0.2) is 46.2 Å². The summed E-state index contributed by atoms with van der Waals surface area (Å²) in [5, 5.41) is 18.6. The van der Waals surface area contributed by atoms with Crippen molar-refractivity contribution in [3.8, 4) is 12.1 Å². The third kappa shape index (κ3) is 2.73. The van der Waals surface area contributed by atoms with Crippen molar-refractivity contribution in [2.75, 3.05) is 28.4 Å². The first-order valence-corrected chi connectivity index (χ1v) is 10.4. The number of methoxy groups -OCH3 is 4. The third-order valence-electron chi connectivity index (χ3n) is 6.29. The van der Waals surface area contributed by atoms with Crippen molar-refractivity contribution in [3.05, 3.63) is 8.96 Å². The molecule has 1 fully saturated rings. The van der Waals surface area contributed by atoms with Crippen molar-refractivity contribution < 1.29 is 28.5 Å². The van der Waals surface area contributed by atoms with Gasteiger partial charge in [0.2, 0.25) is 0 Å². The molecule has 0 amide bonds. The second-order valence-electron chi connectivity index (χ2n) is 6.91. The Balaban J connectivity index is 3.01. The van der Waals surface area contributed by atoms with Crippen LogP contribution in [0.15, 0.2) is 8.96 Å². The zero-order valence-corrected chi connectivity index (χ0v) is 19.8. The number of hydrogen-bond donors (Lipinski definition) is 0. The lowest BCUT2D eigenvalue weighted by molar-refractivity contribution is -0.292. The quantitative estimate of drug-likeness (QED) is 0.344. The van der Waals surface area contributed by atoms with Crippen LogP contribution in [0.3, 0.4) is 0 Å². The van der Waals surface area contributed by atoms with Gasteiger partial charge >= 0.3 is 11.9 Å². The van der Waals surface area contributed by atoms with E-state index in [9.17, 15) is 20.1 Å². The number of hydrogen-bond acceptors (Lipinski definition) is 8. The van der Waals surface area contributed by atoms with E-state index in [2.05, 4.69) is 44.0 Å². The third-order valence-corrected chi connectivity index (χ3v) is 9.03. The molecule has 2 aliphatic carbocycles. The van der Waals surface area contributed by atoms with Crippen LogP contribution >= 0.6 is 31.9 Å². The van der Waals surface area contributed by atoms with Gasteiger partial charge in [-0.05, 0) is 12.8 Å². The maximum atomic E-state index is 13.0. The largest absolute Gasteiger partial charge is 0.469 e. The van der Waals surface area contributed by atoms with Crippen molar-refractivity contribution in [2.45, 2.75) is 31.5 Å². The molecule has 29 heavy (non-hydrogen) atoms. The number of ether oxygens (including phenoxy) is 4. The molecule has 0 radical (unpaired) electrons. The Morgan fingerprint density at radius 1 is 0.862 bits per heavy atom. The Morgan fingerprint density at radius 3 is 1.45 bits per heavy atom. The van der Waals surface area contributed by atoms with Gasteiger partial charge in [0, 0.05) is 36.0 Å². The zero-order chi connectivity index (χ0) is 22.0. The minimum atomic E-state index is -1.52. The number of carbonyl (C=O) groups excluding carboxylic acids is 2. The van der Waals surface area contributed by atoms with Crippen molar-refractivity contribution in [2.24, 2.45) is 22.7 Å². The fraction of sp³-hybridized carbons (Fsp3) is 0.684. The maximum Gasteiger partial charge on any atom is 0.310 e. The van der Waals surface area contributed by atoms with E-state index in [1.54, 1.807) is 0 Å². The highest BCUT2D eigenvalue weighted by Crippen LogP contribution is 2.80. The molecule has 0 spiro atoms. The first-order chi connectivity index (χ1) is 13.8. The number of fused-ring (bicyclic) bond motifs is 2. The van der Waals surface area contributed by atoms with E-state index in [1.807, 2.05) is 0 Å². The van der Waals surface area contributed by atoms with Crippen LogP contribution in [0.25, 0.3) is 0 Å². The van der Waals surface area contributed by atoms with E-state index >= 15 is 0 Å². The van der Waals surface area contributed by atoms with Gasteiger partial charge in [-0.2, -0.15) is 10.5 Å². The van der Waals surface area contributed by atoms with Gasteiger partial charge in [0.1, 0.15) is 0 Å². The molecule has 158 valence electrons. The number of esters is 2. The molecule has 0 aromatic rings. The molecule has 0 aromatic carbocycles. The van der Waals surface area contributed by atoms with E-state index in [4.69, 9.17) is 18.9 Å². The van der Waals surface area contributed by atoms with Gasteiger partial charge in [0.25, 0.3) is 0 Å². The summed E-state index contributed by atoms with van der Waals surface area (Å²) in [7, 11) is 5.31. The highest BCUT2D eigenvalue weighted by molar-refractivity contribution is 9.14. The van der Waals surface area contributed by atoms with Gasteiger partial charge in [-0.25, -0.2) is 0 Å². The first-order valence-electron chi connectivity index (χ1n) is 8.84. The molecule has 0 N–H and O–H groups in total. The average molecular weight is 534 g/mol. The number of rotatable bonds is 8. The zero-order valence-electron chi connectivity index (χ0n) is 16.6. The molecule has 0 saturated heterocycles. The van der Waals surface area contributed by atoms with Gasteiger partial charge in [-0.3, -0.25) is 9.59 Å². The molecule has 8 nitrogen and oxygen atoms in total. The molecular weight excluding hydrogens is 512 g/mol. The molecule has 0 aliphatic heterocycles. The minimum absolute atomic E-state index is 0.0690. The van der Waals surface area contributed by atoms with Crippen LogP contribution in [0.4, 0.5) is 0 Å². The SMILES string of the molecule is COC(=O)[C@@H]1[C@H](C(=O)OC)[C@]2(CCC#N)C(Br)=C(Br)[C@@]1(CCC#N)C2(OC)OC. The summed E-state index contributed by atoms with van der Waals surface area (Å²) >= 11 is 7.18. The topological polar surface area (TPSA) is 119 Å². The fourth-order valence-corrected chi connectivity index (χ4v) is 7.56. The molecule has 0 aromatic heterocycles. The fourth-order valence-electron chi connectivity index (χ4n) is 5.44. The molecular formula is C19H22Br2N2O6. The van der Waals surface area contributed by atoms with E-state index < -0.39 is 40.4 Å². The highest BCUT2D eigenvalue weighted by Gasteiger charge is 2.86. The van der Waals surface area contributed by atoms with Crippen molar-refractivity contribution in [1.29, 1.82) is 10.5 Å². The summed E-state index contributed by atoms with van der Waals surface area (Å²) < 4.78 is 23.2. The Hall–Kier alpha value is -1.46. The lowest BCUT2D eigenvalue weighted by Gasteiger charge is -2.47. The van der Waals surface area contributed by atoms with E-state index in [1.165, 1.54) is 28.4 Å². The van der Waals surface area contributed by atoms with E-state index in [0.717, 1.165) is 0 Å². The summed E-state index contributed by atoms with van der Waals surface area (Å²) in [6, 6.07) is 4.19. The molecule has 0 unspecified atom stereocenters. The Labute approximate surface area is 186 Å². The van der Waals surface area contributed by atoms with Gasteiger partial charge in [-0.15, -0.1) is 0 Å². The normalized spacial score (nSPS) is 31.9. The predicted molar refractivity (Wildman–Crippen MR) is 107 cm³/mol. The minimum Gasteiger partial charge on any atom is -0.469 e. The molecule has 2 aliphatic rings. The number of nitrogens with zero attached hydrogens (tertiary/aromatic N) is 2. The summed E-state index contributed by atoms with van der Waals surface area (Å²) in [5.74, 6) is -4.92. The summed E-state index contributed by atoms with van der Waals surface area (Å²) in [6.45, 7) is 0. The molecule has 1 saturated carbocycles.